The van der Waals surface area contributed by atoms with E-state index in [-0.39, 0.29) is 17.6 Å². The van der Waals surface area contributed by atoms with Crippen LogP contribution in [0.5, 0.6) is 5.75 Å². The number of aromatic nitrogens is 1. The van der Waals surface area contributed by atoms with Gasteiger partial charge in [0.2, 0.25) is 5.91 Å². The van der Waals surface area contributed by atoms with Gasteiger partial charge in [-0.15, -0.1) is 11.3 Å². The number of likely N-dealkylation sites (tertiary alicyclic amines) is 1. The number of carboxylic acid groups (broad SMARTS) is 1. The molecule has 1 saturated heterocycles. The first-order valence-corrected chi connectivity index (χ1v) is 10.8. The molecule has 144 valence electrons. The zero-order valence-corrected chi connectivity index (χ0v) is 16.7. The predicted octanol–water partition coefficient (Wildman–Crippen LogP) is 4.09. The maximum Gasteiger partial charge on any atom is 0.355 e. The van der Waals surface area contributed by atoms with Crippen molar-refractivity contribution in [2.75, 3.05) is 18.9 Å². The SMILES string of the molecule is CCCOc1ccc(C2CCC(=O)N2CCSc2nc(C(=O)O)cs2)cc1. The molecule has 1 aromatic carbocycles. The van der Waals surface area contributed by atoms with Crippen LogP contribution in [0.2, 0.25) is 0 Å². The van der Waals surface area contributed by atoms with E-state index in [1.165, 1.54) is 28.5 Å². The first kappa shape index (κ1) is 19.7. The fourth-order valence-electron chi connectivity index (χ4n) is 3.02. The summed E-state index contributed by atoms with van der Waals surface area (Å²) in [6.45, 7) is 3.39. The highest BCUT2D eigenvalue weighted by Crippen LogP contribution is 2.34. The molecule has 0 saturated carbocycles. The van der Waals surface area contributed by atoms with Crippen molar-refractivity contribution in [3.8, 4) is 5.75 Å². The fraction of sp³-hybridized carbons (Fsp3) is 0.421. The smallest absolute Gasteiger partial charge is 0.355 e. The molecule has 3 rings (SSSR count). The third-order valence-electron chi connectivity index (χ3n) is 4.33. The van der Waals surface area contributed by atoms with E-state index in [0.29, 0.717) is 29.7 Å². The summed E-state index contributed by atoms with van der Waals surface area (Å²) in [7, 11) is 0. The molecule has 1 N–H and O–H groups in total. The van der Waals surface area contributed by atoms with Crippen molar-refractivity contribution in [2.45, 2.75) is 36.6 Å². The monoisotopic (exact) mass is 406 g/mol. The lowest BCUT2D eigenvalue weighted by Crippen LogP contribution is -2.29. The van der Waals surface area contributed by atoms with E-state index >= 15 is 0 Å². The average Bonchev–Trinajstić information content (AvgIpc) is 3.28. The number of thioether (sulfide) groups is 1. The standard InChI is InChI=1S/C19H22N2O4S2/c1-2-10-25-14-5-3-13(4-6-14)16-7-8-17(22)21(16)9-11-26-19-20-15(12-27-19)18(23)24/h3-6,12,16H,2,7-11H2,1H3,(H,23,24). The molecule has 1 aliphatic heterocycles. The molecule has 8 heteroatoms. The summed E-state index contributed by atoms with van der Waals surface area (Å²) in [5, 5.41) is 10.5. The molecule has 0 spiro atoms. The molecule has 1 unspecified atom stereocenters. The van der Waals surface area contributed by atoms with Crippen molar-refractivity contribution in [1.82, 2.24) is 9.88 Å². The van der Waals surface area contributed by atoms with E-state index in [2.05, 4.69) is 11.9 Å². The molecule has 6 nitrogen and oxygen atoms in total. The maximum absolute atomic E-state index is 12.3. The Balaban J connectivity index is 1.57. The molecular formula is C19H22N2O4S2. The van der Waals surface area contributed by atoms with Gasteiger partial charge in [-0.05, 0) is 30.5 Å². The molecule has 0 bridgehead atoms. The number of benzene rings is 1. The molecule has 1 atom stereocenters. The van der Waals surface area contributed by atoms with Crippen LogP contribution in [0.4, 0.5) is 0 Å². The lowest BCUT2D eigenvalue weighted by Gasteiger charge is -2.25. The number of nitrogens with zero attached hydrogens (tertiary/aromatic N) is 2. The third kappa shape index (κ3) is 5.01. The van der Waals surface area contributed by atoms with Gasteiger partial charge in [0.15, 0.2) is 10.0 Å². The number of carbonyl (C=O) groups is 2. The summed E-state index contributed by atoms with van der Waals surface area (Å²) < 4.78 is 6.34. The molecular weight excluding hydrogens is 384 g/mol. The highest BCUT2D eigenvalue weighted by molar-refractivity contribution is 8.01. The van der Waals surface area contributed by atoms with Gasteiger partial charge in [-0.25, -0.2) is 9.78 Å². The van der Waals surface area contributed by atoms with Crippen LogP contribution in [0.3, 0.4) is 0 Å². The molecule has 1 amide bonds. The second-order valence-corrected chi connectivity index (χ2v) is 8.41. The van der Waals surface area contributed by atoms with Crippen LogP contribution in [0.15, 0.2) is 34.0 Å². The number of rotatable bonds is 9. The van der Waals surface area contributed by atoms with Crippen molar-refractivity contribution in [3.05, 3.63) is 40.9 Å². The Morgan fingerprint density at radius 1 is 1.41 bits per heavy atom. The Hall–Kier alpha value is -2.06. The topological polar surface area (TPSA) is 79.7 Å². The maximum atomic E-state index is 12.3. The second-order valence-electron chi connectivity index (χ2n) is 6.21. The summed E-state index contributed by atoms with van der Waals surface area (Å²) in [5.41, 5.74) is 1.19. The molecule has 1 aliphatic rings. The van der Waals surface area contributed by atoms with Crippen LogP contribution in [-0.4, -0.2) is 45.8 Å². The lowest BCUT2D eigenvalue weighted by atomic mass is 10.0. The first-order valence-electron chi connectivity index (χ1n) is 8.92. The average molecular weight is 407 g/mol. The summed E-state index contributed by atoms with van der Waals surface area (Å²) in [4.78, 5) is 29.2. The van der Waals surface area contributed by atoms with Crippen molar-refractivity contribution >= 4 is 35.0 Å². The molecule has 27 heavy (non-hydrogen) atoms. The van der Waals surface area contributed by atoms with Crippen molar-refractivity contribution in [3.63, 3.8) is 0 Å². The quantitative estimate of drug-likeness (QED) is 0.632. The normalized spacial score (nSPS) is 16.7. The molecule has 2 heterocycles. The predicted molar refractivity (Wildman–Crippen MR) is 106 cm³/mol. The Labute approximate surface area is 166 Å². The van der Waals surface area contributed by atoms with Gasteiger partial charge in [-0.1, -0.05) is 30.8 Å². The molecule has 1 aromatic heterocycles. The number of amides is 1. The Morgan fingerprint density at radius 3 is 2.85 bits per heavy atom. The summed E-state index contributed by atoms with van der Waals surface area (Å²) in [5.74, 6) is 0.688. The highest BCUT2D eigenvalue weighted by atomic mass is 32.2. The zero-order valence-electron chi connectivity index (χ0n) is 15.1. The van der Waals surface area contributed by atoms with Crippen LogP contribution >= 0.6 is 23.1 Å². The molecule has 0 aliphatic carbocycles. The minimum atomic E-state index is -1.01. The van der Waals surface area contributed by atoms with Gasteiger partial charge in [0.1, 0.15) is 5.75 Å². The Bertz CT molecular complexity index is 791. The van der Waals surface area contributed by atoms with E-state index in [0.717, 1.165) is 24.2 Å². The van der Waals surface area contributed by atoms with E-state index in [9.17, 15) is 9.59 Å². The fourth-order valence-corrected chi connectivity index (χ4v) is 4.83. The Kier molecular flexibility index (Phi) is 6.73. The summed E-state index contributed by atoms with van der Waals surface area (Å²) in [6, 6.07) is 8.08. The molecule has 0 radical (unpaired) electrons. The number of hydrogen-bond donors (Lipinski definition) is 1. The number of hydrogen-bond acceptors (Lipinski definition) is 6. The summed E-state index contributed by atoms with van der Waals surface area (Å²) >= 11 is 2.81. The number of aromatic carboxylic acids is 1. The van der Waals surface area contributed by atoms with E-state index in [1.54, 1.807) is 0 Å². The van der Waals surface area contributed by atoms with Crippen molar-refractivity contribution < 1.29 is 19.4 Å². The zero-order chi connectivity index (χ0) is 19.2. The number of ether oxygens (including phenoxy) is 1. The van der Waals surface area contributed by atoms with Gasteiger partial charge in [0.25, 0.3) is 0 Å². The van der Waals surface area contributed by atoms with Crippen LogP contribution in [0.1, 0.15) is 48.3 Å². The number of carbonyl (C=O) groups excluding carboxylic acids is 1. The molecule has 2 aromatic rings. The lowest BCUT2D eigenvalue weighted by molar-refractivity contribution is -0.128. The van der Waals surface area contributed by atoms with Crippen LogP contribution in [-0.2, 0) is 4.79 Å². The minimum Gasteiger partial charge on any atom is -0.494 e. The Morgan fingerprint density at radius 2 is 2.19 bits per heavy atom. The third-order valence-corrected chi connectivity index (χ3v) is 6.33. The first-order chi connectivity index (χ1) is 13.1. The summed E-state index contributed by atoms with van der Waals surface area (Å²) in [6.07, 6.45) is 2.35. The minimum absolute atomic E-state index is 0.0722. The van der Waals surface area contributed by atoms with Crippen LogP contribution in [0.25, 0.3) is 0 Å². The number of carboxylic acids is 1. The largest absolute Gasteiger partial charge is 0.494 e. The van der Waals surface area contributed by atoms with E-state index in [1.807, 2.05) is 29.2 Å². The van der Waals surface area contributed by atoms with E-state index < -0.39 is 5.97 Å². The van der Waals surface area contributed by atoms with Gasteiger partial charge >= 0.3 is 5.97 Å². The van der Waals surface area contributed by atoms with Crippen molar-refractivity contribution in [1.29, 1.82) is 0 Å². The van der Waals surface area contributed by atoms with Crippen LogP contribution < -0.4 is 4.74 Å². The van der Waals surface area contributed by atoms with Gasteiger partial charge in [-0.3, -0.25) is 4.79 Å². The number of thiazole rings is 1. The van der Waals surface area contributed by atoms with Gasteiger partial charge in [0.05, 0.1) is 12.6 Å². The highest BCUT2D eigenvalue weighted by Gasteiger charge is 2.31. The van der Waals surface area contributed by atoms with Crippen LogP contribution in [0, 0.1) is 0 Å². The van der Waals surface area contributed by atoms with Gasteiger partial charge in [-0.2, -0.15) is 0 Å². The second kappa shape index (κ2) is 9.23. The van der Waals surface area contributed by atoms with E-state index in [4.69, 9.17) is 9.84 Å². The molecule has 1 fully saturated rings. The van der Waals surface area contributed by atoms with Crippen molar-refractivity contribution in [2.24, 2.45) is 0 Å². The van der Waals surface area contributed by atoms with Gasteiger partial charge in [0, 0.05) is 24.1 Å². The van der Waals surface area contributed by atoms with Gasteiger partial charge < -0.3 is 14.7 Å².